The summed E-state index contributed by atoms with van der Waals surface area (Å²) in [6.07, 6.45) is -1.38. The number of ether oxygens (including phenoxy) is 1. The molecule has 29 heavy (non-hydrogen) atoms. The third kappa shape index (κ3) is 5.96. The number of hydrogen-bond acceptors (Lipinski definition) is 4. The molecule has 0 fully saturated rings. The number of primary amides is 1. The van der Waals surface area contributed by atoms with Crippen molar-refractivity contribution in [3.8, 4) is 0 Å². The Morgan fingerprint density at radius 2 is 1.69 bits per heavy atom. The molecule has 2 aromatic rings. The summed E-state index contributed by atoms with van der Waals surface area (Å²) >= 11 is 0. The van der Waals surface area contributed by atoms with Gasteiger partial charge in [-0.1, -0.05) is 30.3 Å². The van der Waals surface area contributed by atoms with Crippen molar-refractivity contribution in [1.82, 2.24) is 5.32 Å². The minimum absolute atomic E-state index is 0.0504. The summed E-state index contributed by atoms with van der Waals surface area (Å²) in [4.78, 5) is 35.7. The molecule has 0 spiro atoms. The van der Waals surface area contributed by atoms with Gasteiger partial charge in [0, 0.05) is 6.42 Å². The molecule has 3 amide bonds. The molecule has 0 heterocycles. The maximum Gasteiger partial charge on any atom is 0.329 e. The lowest BCUT2D eigenvalue weighted by atomic mass is 10.1. The number of hydrogen-bond donors (Lipinski definition) is 3. The van der Waals surface area contributed by atoms with E-state index in [2.05, 4.69) is 5.32 Å². The molecule has 2 atom stereocenters. The first-order chi connectivity index (χ1) is 13.7. The lowest BCUT2D eigenvalue weighted by Gasteiger charge is -2.20. The van der Waals surface area contributed by atoms with E-state index in [0.717, 1.165) is 6.07 Å². The van der Waals surface area contributed by atoms with Crippen LogP contribution < -0.4 is 16.4 Å². The molecule has 7 nitrogen and oxygen atoms in total. The fraction of sp³-hybridized carbons (Fsp3) is 0.211. The van der Waals surface area contributed by atoms with Crippen LogP contribution in [0.5, 0.6) is 0 Å². The predicted octanol–water partition coefficient (Wildman–Crippen LogP) is 2.25. The first kappa shape index (κ1) is 21.7. The minimum Gasteiger partial charge on any atom is -0.451 e. The van der Waals surface area contributed by atoms with Gasteiger partial charge in [0.05, 0.1) is 5.69 Å². The topological polar surface area (TPSA) is 111 Å². The van der Waals surface area contributed by atoms with Gasteiger partial charge in [-0.15, -0.1) is 0 Å². The molecule has 2 rings (SSSR count). The van der Waals surface area contributed by atoms with Crippen molar-refractivity contribution in [2.75, 3.05) is 5.32 Å². The average molecular weight is 409 g/mol. The lowest BCUT2D eigenvalue weighted by molar-refractivity contribution is -0.155. The van der Waals surface area contributed by atoms with Gasteiger partial charge in [0.1, 0.15) is 6.04 Å². The van der Waals surface area contributed by atoms with Crippen molar-refractivity contribution in [3.05, 3.63) is 65.5 Å². The SMILES string of the molecule is C[C@@H](OC(=O)[C@H](Cc1ccccc1)NC(N)=O)C(=O)Nc1ccc(F)c(F)c1F. The maximum absolute atomic E-state index is 13.7. The van der Waals surface area contributed by atoms with E-state index < -0.39 is 53.2 Å². The molecular weight excluding hydrogens is 391 g/mol. The van der Waals surface area contributed by atoms with Crippen molar-refractivity contribution in [2.45, 2.75) is 25.5 Å². The third-order valence-corrected chi connectivity index (χ3v) is 3.84. The second-order valence-corrected chi connectivity index (χ2v) is 6.04. The van der Waals surface area contributed by atoms with Crippen LogP contribution in [0.1, 0.15) is 12.5 Å². The molecule has 0 unspecified atom stereocenters. The Bertz CT molecular complexity index is 909. The number of halogens is 3. The van der Waals surface area contributed by atoms with E-state index >= 15 is 0 Å². The van der Waals surface area contributed by atoms with Gasteiger partial charge in [0.15, 0.2) is 23.6 Å². The molecule has 0 saturated carbocycles. The van der Waals surface area contributed by atoms with Gasteiger partial charge in [-0.3, -0.25) is 4.79 Å². The van der Waals surface area contributed by atoms with Crippen LogP contribution in [0.3, 0.4) is 0 Å². The van der Waals surface area contributed by atoms with Crippen molar-refractivity contribution >= 4 is 23.6 Å². The van der Waals surface area contributed by atoms with E-state index in [4.69, 9.17) is 10.5 Å². The quantitative estimate of drug-likeness (QED) is 0.481. The molecule has 0 radical (unpaired) electrons. The monoisotopic (exact) mass is 409 g/mol. The van der Waals surface area contributed by atoms with Crippen LogP contribution in [0.2, 0.25) is 0 Å². The van der Waals surface area contributed by atoms with Gasteiger partial charge in [0.2, 0.25) is 0 Å². The zero-order valence-electron chi connectivity index (χ0n) is 15.2. The Morgan fingerprint density at radius 3 is 2.31 bits per heavy atom. The average Bonchev–Trinajstić information content (AvgIpc) is 2.68. The van der Waals surface area contributed by atoms with E-state index in [1.807, 2.05) is 5.32 Å². The number of carbonyl (C=O) groups excluding carboxylic acids is 3. The van der Waals surface area contributed by atoms with Gasteiger partial charge in [-0.05, 0) is 24.6 Å². The molecule has 0 aliphatic rings. The van der Waals surface area contributed by atoms with Crippen LogP contribution in [-0.4, -0.2) is 30.1 Å². The fourth-order valence-electron chi connectivity index (χ4n) is 2.38. The highest BCUT2D eigenvalue weighted by Gasteiger charge is 2.27. The van der Waals surface area contributed by atoms with Crippen LogP contribution >= 0.6 is 0 Å². The Hall–Kier alpha value is -3.56. The molecule has 0 aromatic heterocycles. The normalized spacial score (nSPS) is 12.6. The molecule has 0 bridgehead atoms. The zero-order chi connectivity index (χ0) is 21.6. The van der Waals surface area contributed by atoms with Gasteiger partial charge in [-0.2, -0.15) is 0 Å². The van der Waals surface area contributed by atoms with Crippen LogP contribution in [0.25, 0.3) is 0 Å². The van der Waals surface area contributed by atoms with Crippen molar-refractivity contribution in [1.29, 1.82) is 0 Å². The van der Waals surface area contributed by atoms with E-state index in [1.165, 1.54) is 6.92 Å². The highest BCUT2D eigenvalue weighted by Crippen LogP contribution is 2.20. The fourth-order valence-corrected chi connectivity index (χ4v) is 2.38. The smallest absolute Gasteiger partial charge is 0.329 e. The third-order valence-electron chi connectivity index (χ3n) is 3.84. The number of urea groups is 1. The number of benzene rings is 2. The first-order valence-electron chi connectivity index (χ1n) is 8.43. The Balaban J connectivity index is 2.05. The lowest BCUT2D eigenvalue weighted by Crippen LogP contribution is -2.47. The number of nitrogens with one attached hydrogen (secondary N) is 2. The summed E-state index contributed by atoms with van der Waals surface area (Å²) in [6, 6.07) is 7.97. The van der Waals surface area contributed by atoms with E-state index in [1.54, 1.807) is 30.3 Å². The molecule has 154 valence electrons. The summed E-state index contributed by atoms with van der Waals surface area (Å²) in [6.45, 7) is 1.19. The van der Waals surface area contributed by atoms with Gasteiger partial charge >= 0.3 is 12.0 Å². The van der Waals surface area contributed by atoms with Crippen LogP contribution in [0.15, 0.2) is 42.5 Å². The largest absolute Gasteiger partial charge is 0.451 e. The summed E-state index contributed by atoms with van der Waals surface area (Å²) in [7, 11) is 0. The number of esters is 1. The van der Waals surface area contributed by atoms with E-state index in [9.17, 15) is 27.6 Å². The summed E-state index contributed by atoms with van der Waals surface area (Å²) in [5, 5.41) is 4.23. The van der Waals surface area contributed by atoms with Gasteiger partial charge < -0.3 is 21.1 Å². The van der Waals surface area contributed by atoms with Gasteiger partial charge in [-0.25, -0.2) is 22.8 Å². The summed E-state index contributed by atoms with van der Waals surface area (Å²) < 4.78 is 44.9. The Labute approximate surface area is 164 Å². The van der Waals surface area contributed by atoms with Crippen molar-refractivity contribution in [3.63, 3.8) is 0 Å². The zero-order valence-corrected chi connectivity index (χ0v) is 15.2. The highest BCUT2D eigenvalue weighted by molar-refractivity contribution is 5.95. The number of carbonyl (C=O) groups is 3. The highest BCUT2D eigenvalue weighted by atomic mass is 19.2. The number of amides is 3. The van der Waals surface area contributed by atoms with E-state index in [-0.39, 0.29) is 6.42 Å². The molecule has 0 aliphatic heterocycles. The molecule has 0 aliphatic carbocycles. The van der Waals surface area contributed by atoms with Crippen LogP contribution in [0.4, 0.5) is 23.7 Å². The standard InChI is InChI=1S/C19H18F3N3O4/c1-10(17(26)24-13-8-7-12(20)15(21)16(13)22)29-18(27)14(25-19(23)28)9-11-5-3-2-4-6-11/h2-8,10,14H,9H2,1H3,(H,24,26)(H3,23,25,28)/t10-,14+/m1/s1. The number of anilines is 1. The van der Waals surface area contributed by atoms with Crippen molar-refractivity contribution in [2.24, 2.45) is 5.73 Å². The van der Waals surface area contributed by atoms with Crippen molar-refractivity contribution < 1.29 is 32.3 Å². The molecular formula is C19H18F3N3O4. The number of nitrogens with two attached hydrogens (primary N) is 1. The Kier molecular flexibility index (Phi) is 7.18. The Morgan fingerprint density at radius 1 is 1.03 bits per heavy atom. The summed E-state index contributed by atoms with van der Waals surface area (Å²) in [5.74, 6) is -6.70. The molecule has 0 saturated heterocycles. The molecule has 10 heteroatoms. The summed E-state index contributed by atoms with van der Waals surface area (Å²) in [5.41, 5.74) is 5.16. The maximum atomic E-state index is 13.7. The minimum atomic E-state index is -1.75. The number of rotatable bonds is 7. The van der Waals surface area contributed by atoms with Crippen LogP contribution in [-0.2, 0) is 20.7 Å². The first-order valence-corrected chi connectivity index (χ1v) is 8.43. The van der Waals surface area contributed by atoms with E-state index in [0.29, 0.717) is 11.6 Å². The molecule has 2 aromatic carbocycles. The predicted molar refractivity (Wildman–Crippen MR) is 97.2 cm³/mol. The van der Waals surface area contributed by atoms with Gasteiger partial charge in [0.25, 0.3) is 5.91 Å². The molecule has 4 N–H and O–H groups in total. The second-order valence-electron chi connectivity index (χ2n) is 6.04. The second kappa shape index (κ2) is 9.58. The van der Waals surface area contributed by atoms with Crippen LogP contribution in [0, 0.1) is 17.5 Å².